The number of rotatable bonds is 2. The second-order valence-electron chi connectivity index (χ2n) is 2.86. The molecule has 0 spiro atoms. The van der Waals surface area contributed by atoms with Crippen LogP contribution in [0.25, 0.3) is 0 Å². The van der Waals surface area contributed by atoms with E-state index in [1.54, 1.807) is 20.8 Å². The van der Waals surface area contributed by atoms with E-state index in [2.05, 4.69) is 0 Å². The van der Waals surface area contributed by atoms with Gasteiger partial charge in [-0.2, -0.15) is 13.2 Å². The van der Waals surface area contributed by atoms with Crippen LogP contribution in [0.1, 0.15) is 20.8 Å². The minimum atomic E-state index is -4.27. The van der Waals surface area contributed by atoms with E-state index in [0.29, 0.717) is 0 Å². The molecule has 0 amide bonds. The van der Waals surface area contributed by atoms with Crippen LogP contribution in [-0.4, -0.2) is 6.18 Å². The third-order valence-corrected chi connectivity index (χ3v) is 1.27. The van der Waals surface area contributed by atoms with Crippen LogP contribution in [0.3, 0.4) is 0 Å². The van der Waals surface area contributed by atoms with Gasteiger partial charge in [-0.25, -0.2) is 0 Å². The summed E-state index contributed by atoms with van der Waals surface area (Å²) in [6.07, 6.45) is 0.689. The van der Waals surface area contributed by atoms with E-state index in [-0.39, 0.29) is 0 Å². The molecule has 3 heteroatoms. The molecular weight excluding hydrogens is 177 g/mol. The Bertz CT molecular complexity index is 237. The molecule has 0 aliphatic rings. The van der Waals surface area contributed by atoms with E-state index in [4.69, 9.17) is 0 Å². The highest BCUT2D eigenvalue weighted by atomic mass is 19.4. The van der Waals surface area contributed by atoms with Crippen molar-refractivity contribution in [3.05, 3.63) is 35.5 Å². The zero-order valence-electron chi connectivity index (χ0n) is 7.94. The summed E-state index contributed by atoms with van der Waals surface area (Å²) in [5, 5.41) is 0. The topological polar surface area (TPSA) is 0 Å². The predicted molar refractivity (Wildman–Crippen MR) is 48.4 cm³/mol. The Hall–Kier alpha value is -0.990. The number of alkyl halides is 3. The third-order valence-electron chi connectivity index (χ3n) is 1.27. The van der Waals surface area contributed by atoms with Crippen molar-refractivity contribution in [3.63, 3.8) is 0 Å². The molecule has 0 radical (unpaired) electrons. The van der Waals surface area contributed by atoms with Gasteiger partial charge in [0.2, 0.25) is 0 Å². The SMILES string of the molecule is C/C=C/C(=C\C=C(C)C)C(F)(F)F. The molecule has 0 heterocycles. The second kappa shape index (κ2) is 4.90. The van der Waals surface area contributed by atoms with E-state index in [9.17, 15) is 13.2 Å². The molecule has 0 aromatic heterocycles. The molecule has 0 saturated carbocycles. The Morgan fingerprint density at radius 3 is 1.92 bits per heavy atom. The van der Waals surface area contributed by atoms with Crippen molar-refractivity contribution < 1.29 is 13.2 Å². The maximum absolute atomic E-state index is 12.2. The van der Waals surface area contributed by atoms with Crippen molar-refractivity contribution in [2.24, 2.45) is 0 Å². The first-order chi connectivity index (χ1) is 5.88. The largest absolute Gasteiger partial charge is 0.416 e. The maximum Gasteiger partial charge on any atom is 0.416 e. The smallest absolute Gasteiger partial charge is 0.166 e. The van der Waals surface area contributed by atoms with E-state index >= 15 is 0 Å². The fourth-order valence-electron chi connectivity index (χ4n) is 0.681. The normalized spacial score (nSPS) is 13.5. The maximum atomic E-state index is 12.2. The van der Waals surface area contributed by atoms with Crippen LogP contribution < -0.4 is 0 Å². The highest BCUT2D eigenvalue weighted by molar-refractivity contribution is 5.28. The zero-order chi connectivity index (χ0) is 10.5. The molecule has 74 valence electrons. The molecule has 0 atom stereocenters. The van der Waals surface area contributed by atoms with E-state index in [1.165, 1.54) is 12.2 Å². The van der Waals surface area contributed by atoms with Gasteiger partial charge in [-0.3, -0.25) is 0 Å². The molecule has 0 rings (SSSR count). The molecule has 0 aromatic carbocycles. The first-order valence-electron chi connectivity index (χ1n) is 3.93. The minimum Gasteiger partial charge on any atom is -0.166 e. The summed E-state index contributed by atoms with van der Waals surface area (Å²) in [4.78, 5) is 0. The molecule has 0 nitrogen and oxygen atoms in total. The van der Waals surface area contributed by atoms with Gasteiger partial charge in [0.25, 0.3) is 0 Å². The van der Waals surface area contributed by atoms with Gasteiger partial charge in [0, 0.05) is 0 Å². The molecule has 0 fully saturated rings. The van der Waals surface area contributed by atoms with Gasteiger partial charge in [0.1, 0.15) is 0 Å². The first-order valence-corrected chi connectivity index (χ1v) is 3.93. The first kappa shape index (κ1) is 12.0. The molecule has 13 heavy (non-hydrogen) atoms. The number of allylic oxidation sites excluding steroid dienone is 6. The molecule has 0 bridgehead atoms. The lowest BCUT2D eigenvalue weighted by Crippen LogP contribution is -2.09. The second-order valence-corrected chi connectivity index (χ2v) is 2.86. The lowest BCUT2D eigenvalue weighted by atomic mass is 10.2. The molecule has 0 saturated heterocycles. The quantitative estimate of drug-likeness (QED) is 0.577. The van der Waals surface area contributed by atoms with E-state index < -0.39 is 11.7 Å². The van der Waals surface area contributed by atoms with E-state index in [1.807, 2.05) is 0 Å². The fraction of sp³-hybridized carbons (Fsp3) is 0.400. The Labute approximate surface area is 76.5 Å². The highest BCUT2D eigenvalue weighted by Gasteiger charge is 2.30. The summed E-state index contributed by atoms with van der Waals surface area (Å²) in [6, 6.07) is 0. The average molecular weight is 190 g/mol. The Balaban J connectivity index is 4.82. The summed E-state index contributed by atoms with van der Waals surface area (Å²) in [6.45, 7) is 5.06. The molecule has 0 unspecified atom stereocenters. The minimum absolute atomic E-state index is 0.629. The number of halogens is 3. The third kappa shape index (κ3) is 5.28. The Morgan fingerprint density at radius 1 is 1.08 bits per heavy atom. The van der Waals surface area contributed by atoms with Gasteiger partial charge in [-0.15, -0.1) is 0 Å². The lowest BCUT2D eigenvalue weighted by molar-refractivity contribution is -0.0881. The molecule has 0 aliphatic heterocycles. The summed E-state index contributed by atoms with van der Waals surface area (Å²) >= 11 is 0. The van der Waals surface area contributed by atoms with Gasteiger partial charge in [-0.05, 0) is 20.8 Å². The van der Waals surface area contributed by atoms with Gasteiger partial charge in [0.15, 0.2) is 0 Å². The van der Waals surface area contributed by atoms with Crippen molar-refractivity contribution in [2.45, 2.75) is 26.9 Å². The van der Waals surface area contributed by atoms with Gasteiger partial charge >= 0.3 is 6.18 Å². The predicted octanol–water partition coefficient (Wildman–Crippen LogP) is 4.02. The summed E-state index contributed by atoms with van der Waals surface area (Å²) in [5.74, 6) is 0. The Kier molecular flexibility index (Phi) is 4.52. The van der Waals surface area contributed by atoms with Crippen molar-refractivity contribution in [3.8, 4) is 0 Å². The van der Waals surface area contributed by atoms with Crippen LogP contribution >= 0.6 is 0 Å². The van der Waals surface area contributed by atoms with Crippen molar-refractivity contribution >= 4 is 0 Å². The molecule has 0 aliphatic carbocycles. The van der Waals surface area contributed by atoms with Gasteiger partial charge in [0.05, 0.1) is 5.57 Å². The van der Waals surface area contributed by atoms with Gasteiger partial charge in [-0.1, -0.05) is 29.9 Å². The zero-order valence-corrected chi connectivity index (χ0v) is 7.94. The van der Waals surface area contributed by atoms with Crippen LogP contribution in [-0.2, 0) is 0 Å². The highest BCUT2D eigenvalue weighted by Crippen LogP contribution is 2.26. The standard InChI is InChI=1S/C10H13F3/c1-4-5-9(10(11,12)13)7-6-8(2)3/h4-7H,1-3H3/b5-4+,9-7+. The molecule has 0 N–H and O–H groups in total. The van der Waals surface area contributed by atoms with Crippen LogP contribution in [0.4, 0.5) is 13.2 Å². The van der Waals surface area contributed by atoms with Crippen LogP contribution in [0.15, 0.2) is 35.5 Å². The Morgan fingerprint density at radius 2 is 1.62 bits per heavy atom. The fourth-order valence-corrected chi connectivity index (χ4v) is 0.681. The van der Waals surface area contributed by atoms with Gasteiger partial charge < -0.3 is 0 Å². The number of hydrogen-bond donors (Lipinski definition) is 0. The molecule has 0 aromatic rings. The summed E-state index contributed by atoms with van der Waals surface area (Å²) in [7, 11) is 0. The lowest BCUT2D eigenvalue weighted by Gasteiger charge is -2.05. The van der Waals surface area contributed by atoms with Crippen LogP contribution in [0, 0.1) is 0 Å². The van der Waals surface area contributed by atoms with Crippen molar-refractivity contribution in [1.29, 1.82) is 0 Å². The van der Waals surface area contributed by atoms with Crippen molar-refractivity contribution in [2.75, 3.05) is 0 Å². The summed E-state index contributed by atoms with van der Waals surface area (Å²) < 4.78 is 36.6. The summed E-state index contributed by atoms with van der Waals surface area (Å²) in [5.41, 5.74) is 0.211. The average Bonchev–Trinajstić information content (AvgIpc) is 1.95. The van der Waals surface area contributed by atoms with Crippen LogP contribution in [0.2, 0.25) is 0 Å². The van der Waals surface area contributed by atoms with Crippen molar-refractivity contribution in [1.82, 2.24) is 0 Å². The molecular formula is C10H13F3. The van der Waals surface area contributed by atoms with E-state index in [0.717, 1.165) is 17.7 Å². The monoisotopic (exact) mass is 190 g/mol. The number of hydrogen-bond acceptors (Lipinski definition) is 0. The van der Waals surface area contributed by atoms with Crippen LogP contribution in [0.5, 0.6) is 0 Å².